The molecule has 0 saturated heterocycles. The molecule has 1 heterocycles. The zero-order valence-electron chi connectivity index (χ0n) is 19.8. The van der Waals surface area contributed by atoms with Gasteiger partial charge in [0.1, 0.15) is 5.82 Å². The molecule has 0 saturated carbocycles. The quantitative estimate of drug-likeness (QED) is 0.402. The first kappa shape index (κ1) is 25.4. The summed E-state index contributed by atoms with van der Waals surface area (Å²) in [5.41, 5.74) is 2.27. The third-order valence-corrected chi connectivity index (χ3v) is 6.37. The average molecular weight is 484 g/mol. The Morgan fingerprint density at radius 2 is 1.76 bits per heavy atom. The number of thioether (sulfide) groups is 1. The van der Waals surface area contributed by atoms with Gasteiger partial charge < -0.3 is 15.2 Å². The van der Waals surface area contributed by atoms with E-state index in [1.54, 1.807) is 0 Å². The van der Waals surface area contributed by atoms with Crippen LogP contribution in [0.3, 0.4) is 0 Å². The van der Waals surface area contributed by atoms with E-state index < -0.39 is 11.9 Å². The van der Waals surface area contributed by atoms with Crippen LogP contribution < -0.4 is 10.6 Å². The van der Waals surface area contributed by atoms with E-state index in [1.165, 1.54) is 36.0 Å². The molecule has 0 fully saturated rings. The number of aromatic nitrogens is 3. The minimum atomic E-state index is -0.399. The zero-order valence-corrected chi connectivity index (χ0v) is 20.7. The van der Waals surface area contributed by atoms with Crippen molar-refractivity contribution in [2.45, 2.75) is 51.9 Å². The molecule has 3 aromatic rings. The summed E-state index contributed by atoms with van der Waals surface area (Å²) in [7, 11) is 0. The summed E-state index contributed by atoms with van der Waals surface area (Å²) >= 11 is 1.30. The van der Waals surface area contributed by atoms with Crippen LogP contribution in [-0.4, -0.2) is 32.3 Å². The van der Waals surface area contributed by atoms with E-state index in [0.29, 0.717) is 23.1 Å². The highest BCUT2D eigenvalue weighted by Crippen LogP contribution is 2.26. The minimum absolute atomic E-state index is 0.0330. The van der Waals surface area contributed by atoms with Gasteiger partial charge in [0.05, 0.1) is 11.8 Å². The Balaban J connectivity index is 1.71. The molecule has 34 heavy (non-hydrogen) atoms. The summed E-state index contributed by atoms with van der Waals surface area (Å²) in [5, 5.41) is 15.2. The number of hydrogen-bond acceptors (Lipinski definition) is 5. The summed E-state index contributed by atoms with van der Waals surface area (Å²) in [6.45, 7) is 8.56. The number of hydrogen-bond donors (Lipinski definition) is 2. The summed E-state index contributed by atoms with van der Waals surface area (Å²) in [4.78, 5) is 25.3. The molecule has 2 aromatic carbocycles. The molecule has 1 atom stereocenters. The van der Waals surface area contributed by atoms with Gasteiger partial charge in [0.25, 0.3) is 5.91 Å². The Kier molecular flexibility index (Phi) is 8.81. The van der Waals surface area contributed by atoms with E-state index in [0.717, 1.165) is 17.7 Å². The summed E-state index contributed by atoms with van der Waals surface area (Å²) in [6, 6.07) is 12.7. The van der Waals surface area contributed by atoms with E-state index in [1.807, 2.05) is 56.5 Å². The molecule has 2 N–H and O–H groups in total. The van der Waals surface area contributed by atoms with Crippen molar-refractivity contribution in [3.05, 3.63) is 71.3 Å². The van der Waals surface area contributed by atoms with Gasteiger partial charge in [0, 0.05) is 17.8 Å². The molecule has 1 aromatic heterocycles. The van der Waals surface area contributed by atoms with Gasteiger partial charge in [-0.05, 0) is 55.2 Å². The van der Waals surface area contributed by atoms with Crippen LogP contribution in [0, 0.1) is 11.7 Å². The van der Waals surface area contributed by atoms with Crippen molar-refractivity contribution in [2.75, 3.05) is 11.1 Å². The average Bonchev–Trinajstić information content (AvgIpc) is 3.24. The van der Waals surface area contributed by atoms with Gasteiger partial charge in [-0.1, -0.05) is 50.7 Å². The Labute approximate surface area is 203 Å². The molecule has 7 nitrogen and oxygen atoms in total. The number of carbonyl (C=O) groups is 2. The molecule has 0 spiro atoms. The molecule has 180 valence electrons. The van der Waals surface area contributed by atoms with Gasteiger partial charge in [0.15, 0.2) is 11.0 Å². The van der Waals surface area contributed by atoms with Crippen molar-refractivity contribution >= 4 is 29.3 Å². The Morgan fingerprint density at radius 1 is 1.06 bits per heavy atom. The molecule has 0 radical (unpaired) electrons. The van der Waals surface area contributed by atoms with E-state index in [9.17, 15) is 14.0 Å². The van der Waals surface area contributed by atoms with Crippen LogP contribution >= 0.6 is 11.8 Å². The number of aryl methyl sites for hydroxylation is 1. The Hall–Kier alpha value is -3.20. The molecule has 0 aliphatic rings. The largest absolute Gasteiger partial charge is 0.342 e. The number of para-hydroxylation sites is 1. The van der Waals surface area contributed by atoms with Crippen LogP contribution in [0.1, 0.15) is 55.5 Å². The number of nitrogens with zero attached hydrogens (tertiary/aromatic N) is 3. The SMILES string of the molecule is CCc1ccccc1NC(=O)CSc1nnc([C@@H](NC(=O)c2ccc(F)cc2)C(C)C)n1CC. The Bertz CT molecular complexity index is 1130. The zero-order chi connectivity index (χ0) is 24.7. The highest BCUT2D eigenvalue weighted by atomic mass is 32.2. The molecule has 2 amide bonds. The maximum Gasteiger partial charge on any atom is 0.251 e. The van der Waals surface area contributed by atoms with Crippen LogP contribution in [-0.2, 0) is 17.8 Å². The van der Waals surface area contributed by atoms with Crippen molar-refractivity contribution in [3.63, 3.8) is 0 Å². The maximum absolute atomic E-state index is 13.2. The molecule has 0 aliphatic carbocycles. The predicted octanol–water partition coefficient (Wildman–Crippen LogP) is 4.86. The number of rotatable bonds is 10. The maximum atomic E-state index is 13.2. The topological polar surface area (TPSA) is 88.9 Å². The summed E-state index contributed by atoms with van der Waals surface area (Å²) < 4.78 is 15.1. The fraction of sp³-hybridized carbons (Fsp3) is 0.360. The molecular formula is C25H30FN5O2S. The molecule has 0 unspecified atom stereocenters. The minimum Gasteiger partial charge on any atom is -0.342 e. The number of halogens is 1. The first-order valence-corrected chi connectivity index (χ1v) is 12.3. The van der Waals surface area contributed by atoms with Gasteiger partial charge >= 0.3 is 0 Å². The number of amides is 2. The third kappa shape index (κ3) is 6.22. The van der Waals surface area contributed by atoms with Crippen LogP contribution in [0.4, 0.5) is 10.1 Å². The van der Waals surface area contributed by atoms with Crippen LogP contribution in [0.2, 0.25) is 0 Å². The first-order chi connectivity index (χ1) is 16.3. The number of nitrogens with one attached hydrogen (secondary N) is 2. The highest BCUT2D eigenvalue weighted by Gasteiger charge is 2.26. The lowest BCUT2D eigenvalue weighted by atomic mass is 10.0. The second kappa shape index (κ2) is 11.8. The second-order valence-electron chi connectivity index (χ2n) is 8.13. The fourth-order valence-electron chi connectivity index (χ4n) is 3.56. The number of anilines is 1. The standard InChI is InChI=1S/C25H30FN5O2S/c1-5-17-9-7-8-10-20(17)27-21(32)15-34-25-30-29-23(31(25)6-2)22(16(3)4)28-24(33)18-11-13-19(26)14-12-18/h7-14,16,22H,5-6,15H2,1-4H3,(H,27,32)(H,28,33)/t22-/m0/s1. The van der Waals surface area contributed by atoms with Gasteiger partial charge in [-0.3, -0.25) is 9.59 Å². The van der Waals surface area contributed by atoms with Crippen molar-refractivity contribution in [2.24, 2.45) is 5.92 Å². The normalized spacial score (nSPS) is 11.9. The highest BCUT2D eigenvalue weighted by molar-refractivity contribution is 7.99. The predicted molar refractivity (Wildman–Crippen MR) is 132 cm³/mol. The molecule has 0 aliphatic heterocycles. The van der Waals surface area contributed by atoms with Crippen molar-refractivity contribution in [3.8, 4) is 0 Å². The van der Waals surface area contributed by atoms with Crippen molar-refractivity contribution in [1.29, 1.82) is 0 Å². The molecule has 9 heteroatoms. The van der Waals surface area contributed by atoms with E-state index in [-0.39, 0.29) is 23.5 Å². The lowest BCUT2D eigenvalue weighted by Crippen LogP contribution is -2.33. The van der Waals surface area contributed by atoms with Crippen LogP contribution in [0.25, 0.3) is 0 Å². The third-order valence-electron chi connectivity index (χ3n) is 5.40. The van der Waals surface area contributed by atoms with E-state index in [4.69, 9.17) is 0 Å². The second-order valence-corrected chi connectivity index (χ2v) is 9.08. The van der Waals surface area contributed by atoms with Gasteiger partial charge in [-0.2, -0.15) is 0 Å². The van der Waals surface area contributed by atoms with Crippen LogP contribution in [0.15, 0.2) is 53.7 Å². The monoisotopic (exact) mass is 483 g/mol. The van der Waals surface area contributed by atoms with Gasteiger partial charge in [0.2, 0.25) is 5.91 Å². The Morgan fingerprint density at radius 3 is 2.41 bits per heavy atom. The smallest absolute Gasteiger partial charge is 0.251 e. The van der Waals surface area contributed by atoms with E-state index >= 15 is 0 Å². The first-order valence-electron chi connectivity index (χ1n) is 11.3. The van der Waals surface area contributed by atoms with Crippen molar-refractivity contribution in [1.82, 2.24) is 20.1 Å². The molecule has 0 bridgehead atoms. The summed E-state index contributed by atoms with van der Waals surface area (Å²) in [5.74, 6) is 0.00444. The number of benzene rings is 2. The fourth-order valence-corrected chi connectivity index (χ4v) is 4.37. The van der Waals surface area contributed by atoms with Crippen LogP contribution in [0.5, 0.6) is 0 Å². The lowest BCUT2D eigenvalue weighted by molar-refractivity contribution is -0.113. The van der Waals surface area contributed by atoms with Gasteiger partial charge in [-0.25, -0.2) is 4.39 Å². The summed E-state index contributed by atoms with van der Waals surface area (Å²) in [6.07, 6.45) is 0.831. The van der Waals surface area contributed by atoms with Crippen molar-refractivity contribution < 1.29 is 14.0 Å². The van der Waals surface area contributed by atoms with E-state index in [2.05, 4.69) is 20.8 Å². The molecular weight excluding hydrogens is 453 g/mol. The number of carbonyl (C=O) groups excluding carboxylic acids is 2. The van der Waals surface area contributed by atoms with Gasteiger partial charge in [-0.15, -0.1) is 10.2 Å². The lowest BCUT2D eigenvalue weighted by Gasteiger charge is -2.22. The molecule has 3 rings (SSSR count).